The van der Waals surface area contributed by atoms with Gasteiger partial charge in [0, 0.05) is 34.5 Å². The molecular weight excluding hydrogens is 381 g/mol. The maximum Gasteiger partial charge on any atom is 0.216 e. The van der Waals surface area contributed by atoms with Crippen molar-refractivity contribution in [1.82, 2.24) is 14.3 Å². The Balaban J connectivity index is 1.78. The van der Waals surface area contributed by atoms with Gasteiger partial charge in [0.2, 0.25) is 10.0 Å². The molecule has 5 nitrogen and oxygen atoms in total. The maximum atomic E-state index is 12.4. The van der Waals surface area contributed by atoms with Crippen LogP contribution >= 0.6 is 23.2 Å². The minimum absolute atomic E-state index is 0.152. The van der Waals surface area contributed by atoms with E-state index in [1.807, 2.05) is 28.8 Å². The zero-order valence-electron chi connectivity index (χ0n) is 13.1. The van der Waals surface area contributed by atoms with E-state index in [0.717, 1.165) is 11.3 Å². The highest BCUT2D eigenvalue weighted by Gasteiger charge is 2.17. The maximum absolute atomic E-state index is 12.4. The van der Waals surface area contributed by atoms with Crippen LogP contribution in [0, 0.1) is 0 Å². The van der Waals surface area contributed by atoms with Crippen LogP contribution in [0.4, 0.5) is 0 Å². The lowest BCUT2D eigenvalue weighted by atomic mass is 10.2. The first kappa shape index (κ1) is 17.9. The molecule has 0 aliphatic carbocycles. The average molecular weight is 396 g/mol. The second-order valence-electron chi connectivity index (χ2n) is 5.38. The smallest absolute Gasteiger partial charge is 0.216 e. The van der Waals surface area contributed by atoms with Crippen LogP contribution in [0.15, 0.2) is 61.2 Å². The van der Waals surface area contributed by atoms with Crippen molar-refractivity contribution in [3.05, 3.63) is 82.4 Å². The van der Waals surface area contributed by atoms with Gasteiger partial charge in [0.1, 0.15) is 0 Å². The van der Waals surface area contributed by atoms with Gasteiger partial charge < -0.3 is 4.57 Å². The number of rotatable bonds is 6. The quantitative estimate of drug-likeness (QED) is 0.690. The predicted molar refractivity (Wildman–Crippen MR) is 99.5 cm³/mol. The lowest BCUT2D eigenvalue weighted by molar-refractivity contribution is 0.580. The minimum Gasteiger partial charge on any atom is -0.306 e. The van der Waals surface area contributed by atoms with E-state index in [9.17, 15) is 8.42 Å². The monoisotopic (exact) mass is 395 g/mol. The molecule has 0 aliphatic heterocycles. The molecule has 0 atom stereocenters. The number of imidazole rings is 1. The number of hydrogen-bond acceptors (Lipinski definition) is 3. The van der Waals surface area contributed by atoms with Crippen molar-refractivity contribution in [2.75, 3.05) is 0 Å². The highest BCUT2D eigenvalue weighted by atomic mass is 35.5. The molecule has 0 unspecified atom stereocenters. The summed E-state index contributed by atoms with van der Waals surface area (Å²) in [7, 11) is -3.61. The molecule has 0 fully saturated rings. The van der Waals surface area contributed by atoms with E-state index >= 15 is 0 Å². The van der Waals surface area contributed by atoms with E-state index in [4.69, 9.17) is 23.2 Å². The number of nitrogens with one attached hydrogen (secondary N) is 1. The van der Waals surface area contributed by atoms with Crippen LogP contribution < -0.4 is 4.72 Å². The second kappa shape index (κ2) is 7.58. The Hall–Kier alpha value is -1.86. The largest absolute Gasteiger partial charge is 0.306 e. The molecule has 1 heterocycles. The predicted octanol–water partition coefficient (Wildman–Crippen LogP) is 3.80. The normalized spacial score (nSPS) is 11.6. The number of nitrogens with zero attached hydrogens (tertiary/aromatic N) is 2. The molecule has 0 bridgehead atoms. The Morgan fingerprint density at radius 1 is 1.04 bits per heavy atom. The van der Waals surface area contributed by atoms with Crippen LogP contribution in [-0.4, -0.2) is 18.0 Å². The fourth-order valence-corrected chi connectivity index (χ4v) is 4.27. The number of sulfonamides is 1. The molecule has 0 spiro atoms. The van der Waals surface area contributed by atoms with Crippen LogP contribution in [0.2, 0.25) is 10.0 Å². The third-order valence-corrected chi connectivity index (χ3v) is 5.61. The standard InChI is InChI=1S/C17H15Cl2N3O2S/c18-15-5-3-6-16(19)14(15)11-25(23,24)21-10-13-4-1-2-7-17(13)22-9-8-20-12-22/h1-9,12,21H,10-11H2. The van der Waals surface area contributed by atoms with Gasteiger partial charge in [0.05, 0.1) is 17.8 Å². The summed E-state index contributed by atoms with van der Waals surface area (Å²) in [5.41, 5.74) is 2.08. The van der Waals surface area contributed by atoms with Crippen molar-refractivity contribution in [3.8, 4) is 5.69 Å². The van der Waals surface area contributed by atoms with E-state index in [0.29, 0.717) is 15.6 Å². The summed E-state index contributed by atoms with van der Waals surface area (Å²) in [6, 6.07) is 12.4. The second-order valence-corrected chi connectivity index (χ2v) is 8.00. The van der Waals surface area contributed by atoms with Crippen LogP contribution in [0.25, 0.3) is 5.69 Å². The summed E-state index contributed by atoms with van der Waals surface area (Å²) in [6.45, 7) is 0.152. The molecule has 3 aromatic rings. The van der Waals surface area contributed by atoms with Gasteiger partial charge in [-0.2, -0.15) is 0 Å². The molecule has 8 heteroatoms. The third kappa shape index (κ3) is 4.41. The Bertz CT molecular complexity index is 953. The van der Waals surface area contributed by atoms with E-state index in [1.54, 1.807) is 36.9 Å². The fourth-order valence-electron chi connectivity index (χ4n) is 2.41. The topological polar surface area (TPSA) is 64.0 Å². The SMILES string of the molecule is O=S(=O)(Cc1c(Cl)cccc1Cl)NCc1ccccc1-n1ccnc1. The van der Waals surface area contributed by atoms with Crippen LogP contribution in [0.5, 0.6) is 0 Å². The molecule has 0 radical (unpaired) electrons. The van der Waals surface area contributed by atoms with Gasteiger partial charge in [-0.25, -0.2) is 18.1 Å². The van der Waals surface area contributed by atoms with Gasteiger partial charge in [-0.05, 0) is 23.8 Å². The van der Waals surface area contributed by atoms with Gasteiger partial charge in [-0.3, -0.25) is 0 Å². The van der Waals surface area contributed by atoms with E-state index in [-0.39, 0.29) is 12.3 Å². The summed E-state index contributed by atoms with van der Waals surface area (Å²) in [4.78, 5) is 4.02. The van der Waals surface area contributed by atoms with Crippen LogP contribution in [0.3, 0.4) is 0 Å². The molecular formula is C17H15Cl2N3O2S. The summed E-state index contributed by atoms with van der Waals surface area (Å²) in [6.07, 6.45) is 5.13. The first-order valence-corrected chi connectivity index (χ1v) is 9.83. The Morgan fingerprint density at radius 2 is 1.76 bits per heavy atom. The Labute approximate surface area is 156 Å². The number of halogens is 2. The highest BCUT2D eigenvalue weighted by molar-refractivity contribution is 7.88. The van der Waals surface area contributed by atoms with E-state index in [2.05, 4.69) is 9.71 Å². The molecule has 0 aliphatic rings. The van der Waals surface area contributed by atoms with Gasteiger partial charge >= 0.3 is 0 Å². The van der Waals surface area contributed by atoms with Crippen LogP contribution in [0.1, 0.15) is 11.1 Å². The zero-order chi connectivity index (χ0) is 17.9. The molecule has 2 aromatic carbocycles. The third-order valence-electron chi connectivity index (χ3n) is 3.65. The van der Waals surface area contributed by atoms with Gasteiger partial charge in [-0.15, -0.1) is 0 Å². The summed E-state index contributed by atoms with van der Waals surface area (Å²) < 4.78 is 29.3. The molecule has 1 N–H and O–H groups in total. The Kier molecular flexibility index (Phi) is 5.44. The first-order chi connectivity index (χ1) is 12.0. The molecule has 130 valence electrons. The molecule has 0 amide bonds. The first-order valence-electron chi connectivity index (χ1n) is 7.43. The number of benzene rings is 2. The zero-order valence-corrected chi connectivity index (χ0v) is 15.4. The molecule has 1 aromatic heterocycles. The number of hydrogen-bond donors (Lipinski definition) is 1. The van der Waals surface area contributed by atoms with Crippen molar-refractivity contribution >= 4 is 33.2 Å². The van der Waals surface area contributed by atoms with E-state index in [1.165, 1.54) is 0 Å². The lowest BCUT2D eigenvalue weighted by Crippen LogP contribution is -2.25. The van der Waals surface area contributed by atoms with Crippen LogP contribution in [-0.2, 0) is 22.3 Å². The van der Waals surface area contributed by atoms with Crippen molar-refractivity contribution < 1.29 is 8.42 Å². The molecule has 3 rings (SSSR count). The number of para-hydroxylation sites is 1. The number of aromatic nitrogens is 2. The van der Waals surface area contributed by atoms with Crippen molar-refractivity contribution in [1.29, 1.82) is 0 Å². The summed E-state index contributed by atoms with van der Waals surface area (Å²) >= 11 is 12.1. The van der Waals surface area contributed by atoms with Gasteiger partial charge in [-0.1, -0.05) is 47.5 Å². The summed E-state index contributed by atoms with van der Waals surface area (Å²) in [5.74, 6) is -0.279. The van der Waals surface area contributed by atoms with Crippen molar-refractivity contribution in [2.45, 2.75) is 12.3 Å². The average Bonchev–Trinajstić information content (AvgIpc) is 3.11. The minimum atomic E-state index is -3.61. The Morgan fingerprint density at radius 3 is 2.44 bits per heavy atom. The molecule has 0 saturated heterocycles. The van der Waals surface area contributed by atoms with Gasteiger partial charge in [0.15, 0.2) is 0 Å². The van der Waals surface area contributed by atoms with Crippen molar-refractivity contribution in [3.63, 3.8) is 0 Å². The summed E-state index contributed by atoms with van der Waals surface area (Å²) in [5, 5.41) is 0.661. The molecule has 0 saturated carbocycles. The highest BCUT2D eigenvalue weighted by Crippen LogP contribution is 2.26. The molecule has 25 heavy (non-hydrogen) atoms. The van der Waals surface area contributed by atoms with E-state index < -0.39 is 10.0 Å². The van der Waals surface area contributed by atoms with Crippen molar-refractivity contribution in [2.24, 2.45) is 0 Å². The lowest BCUT2D eigenvalue weighted by Gasteiger charge is -2.12. The van der Waals surface area contributed by atoms with Gasteiger partial charge in [0.25, 0.3) is 0 Å². The fraction of sp³-hybridized carbons (Fsp3) is 0.118.